The fraction of sp³-hybridized carbons (Fsp3) is 0.933. The number of rotatable bonds is 6. The van der Waals surface area contributed by atoms with Crippen LogP contribution < -0.4 is 10.0 Å². The normalized spacial score (nSPS) is 23.1. The Morgan fingerprint density at radius 1 is 1.28 bits per heavy atom. The highest BCUT2D eigenvalue weighted by Gasteiger charge is 2.21. The summed E-state index contributed by atoms with van der Waals surface area (Å²) in [7, 11) is 0. The zero-order chi connectivity index (χ0) is 13.8. The van der Waals surface area contributed by atoms with Crippen molar-refractivity contribution in [1.82, 2.24) is 0 Å². The van der Waals surface area contributed by atoms with Gasteiger partial charge in [-0.15, -0.1) is 0 Å². The molecule has 1 saturated heterocycles. The molecule has 1 rings (SSSR count). The summed E-state index contributed by atoms with van der Waals surface area (Å²) in [4.78, 5) is 10.8. The monoisotopic (exact) mass is 257 g/mol. The molecule has 108 valence electrons. The molecule has 1 N–H and O–H groups in total. The van der Waals surface area contributed by atoms with Crippen molar-refractivity contribution in [1.29, 1.82) is 0 Å². The van der Waals surface area contributed by atoms with Gasteiger partial charge in [0.2, 0.25) is 0 Å². The molecule has 18 heavy (non-hydrogen) atoms. The van der Waals surface area contributed by atoms with Gasteiger partial charge in [-0.25, -0.2) is 0 Å². The molecule has 0 aromatic carbocycles. The Bertz CT molecular complexity index is 189. The van der Waals surface area contributed by atoms with E-state index in [1.165, 1.54) is 64.6 Å². The molecule has 2 unspecified atom stereocenters. The first-order valence-electron chi connectivity index (χ1n) is 7.61. The van der Waals surface area contributed by atoms with Crippen molar-refractivity contribution in [3.63, 3.8) is 0 Å². The number of carboxylic acid groups (broad SMARTS) is 1. The van der Waals surface area contributed by atoms with Crippen molar-refractivity contribution >= 4 is 5.97 Å². The molecule has 3 nitrogen and oxygen atoms in total. The van der Waals surface area contributed by atoms with Crippen LogP contribution >= 0.6 is 0 Å². The number of carboxylic acids is 1. The number of quaternary nitrogens is 1. The van der Waals surface area contributed by atoms with Gasteiger partial charge in [-0.1, -0.05) is 33.1 Å². The molecule has 0 saturated carbocycles. The van der Waals surface area contributed by atoms with Gasteiger partial charge in [0.15, 0.2) is 0 Å². The van der Waals surface area contributed by atoms with Gasteiger partial charge in [0.25, 0.3) is 0 Å². The molecule has 1 aliphatic heterocycles. The summed E-state index contributed by atoms with van der Waals surface area (Å²) in [6.07, 6.45) is 10.1. The second-order valence-corrected chi connectivity index (χ2v) is 5.45. The lowest BCUT2D eigenvalue weighted by molar-refractivity contribution is -0.909. The second kappa shape index (κ2) is 11.5. The molecule has 2 atom stereocenters. The van der Waals surface area contributed by atoms with Crippen molar-refractivity contribution in [2.75, 3.05) is 19.6 Å². The maximum absolute atomic E-state index is 8.89. The van der Waals surface area contributed by atoms with Crippen LogP contribution in [0.2, 0.25) is 0 Å². The number of hydrogen-bond acceptors (Lipinski definition) is 2. The highest BCUT2D eigenvalue weighted by molar-refractivity contribution is 5.60. The van der Waals surface area contributed by atoms with E-state index < -0.39 is 5.97 Å². The molecular formula is C15H31NO2. The Hall–Kier alpha value is -0.570. The lowest BCUT2D eigenvalue weighted by atomic mass is 9.93. The number of nitrogens with one attached hydrogen (secondary N) is 1. The Labute approximate surface area is 113 Å². The zero-order valence-electron chi connectivity index (χ0n) is 12.5. The molecule has 3 heteroatoms. The standard InChI is InChI=1S/C13H27N.C2H4O2/c1-3-5-8-13-9-7-11-14(12-13)10-6-4-2;1-2(3)4/h13H,3-12H2,1-2H3;1H3,(H,3,4). The molecule has 1 aliphatic rings. The van der Waals surface area contributed by atoms with Crippen LogP contribution in [0.5, 0.6) is 0 Å². The number of unbranched alkanes of at least 4 members (excludes halogenated alkanes) is 2. The van der Waals surface area contributed by atoms with Crippen molar-refractivity contribution in [3.05, 3.63) is 0 Å². The fourth-order valence-electron chi connectivity index (χ4n) is 2.65. The van der Waals surface area contributed by atoms with Crippen molar-refractivity contribution in [2.45, 2.75) is 65.7 Å². The van der Waals surface area contributed by atoms with E-state index in [1.807, 2.05) is 4.90 Å². The van der Waals surface area contributed by atoms with Gasteiger partial charge in [-0.2, -0.15) is 0 Å². The summed E-state index contributed by atoms with van der Waals surface area (Å²) in [5.41, 5.74) is 0. The van der Waals surface area contributed by atoms with Crippen LogP contribution in [0.4, 0.5) is 0 Å². The third kappa shape index (κ3) is 10.6. The number of likely N-dealkylation sites (tertiary alicyclic amines) is 1. The minimum atomic E-state index is -1.08. The van der Waals surface area contributed by atoms with Crippen LogP contribution in [0.25, 0.3) is 0 Å². The summed E-state index contributed by atoms with van der Waals surface area (Å²) >= 11 is 0. The van der Waals surface area contributed by atoms with Gasteiger partial charge in [0.05, 0.1) is 19.6 Å². The second-order valence-electron chi connectivity index (χ2n) is 5.45. The Kier molecular flexibility index (Phi) is 11.2. The summed E-state index contributed by atoms with van der Waals surface area (Å²) < 4.78 is 0. The largest absolute Gasteiger partial charge is 0.550 e. The average Bonchev–Trinajstić information content (AvgIpc) is 2.34. The van der Waals surface area contributed by atoms with Crippen LogP contribution in [-0.2, 0) is 4.79 Å². The zero-order valence-corrected chi connectivity index (χ0v) is 12.5. The van der Waals surface area contributed by atoms with E-state index >= 15 is 0 Å². The SMILES string of the molecule is CC(=O)[O-].CCCCC1CCC[NH+](CCCC)C1. The van der Waals surface area contributed by atoms with Crippen molar-refractivity contribution in [3.8, 4) is 0 Å². The maximum Gasteiger partial charge on any atom is 0.0799 e. The fourth-order valence-corrected chi connectivity index (χ4v) is 2.65. The molecular weight excluding hydrogens is 226 g/mol. The van der Waals surface area contributed by atoms with E-state index in [4.69, 9.17) is 9.90 Å². The number of carbonyl (C=O) groups is 1. The van der Waals surface area contributed by atoms with E-state index in [0.29, 0.717) is 0 Å². The third-order valence-corrected chi connectivity index (χ3v) is 3.57. The smallest absolute Gasteiger partial charge is 0.0799 e. The molecule has 0 spiro atoms. The minimum absolute atomic E-state index is 0.972. The molecule has 0 aromatic rings. The number of piperidine rings is 1. The highest BCUT2D eigenvalue weighted by atomic mass is 16.4. The predicted octanol–water partition coefficient (Wildman–Crippen LogP) is 1.03. The maximum atomic E-state index is 8.89. The minimum Gasteiger partial charge on any atom is -0.550 e. The van der Waals surface area contributed by atoms with E-state index in [-0.39, 0.29) is 0 Å². The topological polar surface area (TPSA) is 44.6 Å². The number of hydrogen-bond donors (Lipinski definition) is 1. The van der Waals surface area contributed by atoms with Crippen molar-refractivity contribution < 1.29 is 14.8 Å². The number of aliphatic carboxylic acids is 1. The first kappa shape index (κ1) is 17.4. The summed E-state index contributed by atoms with van der Waals surface area (Å²) in [5.74, 6) is -0.0319. The van der Waals surface area contributed by atoms with Gasteiger partial charge >= 0.3 is 0 Å². The van der Waals surface area contributed by atoms with Crippen LogP contribution in [0.3, 0.4) is 0 Å². The van der Waals surface area contributed by atoms with Gasteiger partial charge < -0.3 is 14.8 Å². The van der Waals surface area contributed by atoms with Crippen LogP contribution in [0.15, 0.2) is 0 Å². The number of carbonyl (C=O) groups excluding carboxylic acids is 1. The lowest BCUT2D eigenvalue weighted by Crippen LogP contribution is -3.13. The first-order chi connectivity index (χ1) is 8.60. The predicted molar refractivity (Wildman–Crippen MR) is 73.4 cm³/mol. The highest BCUT2D eigenvalue weighted by Crippen LogP contribution is 2.14. The summed E-state index contributed by atoms with van der Waals surface area (Å²) in [6.45, 7) is 9.93. The summed E-state index contributed by atoms with van der Waals surface area (Å²) in [6, 6.07) is 0. The van der Waals surface area contributed by atoms with Gasteiger partial charge in [-0.3, -0.25) is 0 Å². The van der Waals surface area contributed by atoms with Gasteiger partial charge in [0.1, 0.15) is 0 Å². The lowest BCUT2D eigenvalue weighted by Gasteiger charge is -2.29. The molecule has 0 aliphatic carbocycles. The Morgan fingerprint density at radius 2 is 1.89 bits per heavy atom. The molecule has 1 fully saturated rings. The quantitative estimate of drug-likeness (QED) is 0.772. The Morgan fingerprint density at radius 3 is 2.44 bits per heavy atom. The first-order valence-corrected chi connectivity index (χ1v) is 7.61. The van der Waals surface area contributed by atoms with E-state index in [1.54, 1.807) is 0 Å². The van der Waals surface area contributed by atoms with E-state index in [2.05, 4.69) is 13.8 Å². The van der Waals surface area contributed by atoms with Crippen LogP contribution in [0.1, 0.15) is 65.7 Å². The van der Waals surface area contributed by atoms with E-state index in [0.717, 1.165) is 12.8 Å². The molecule has 0 amide bonds. The molecule has 1 heterocycles. The average molecular weight is 257 g/mol. The summed E-state index contributed by atoms with van der Waals surface area (Å²) in [5, 5.41) is 8.89. The van der Waals surface area contributed by atoms with Crippen molar-refractivity contribution in [2.24, 2.45) is 5.92 Å². The van der Waals surface area contributed by atoms with E-state index in [9.17, 15) is 0 Å². The van der Waals surface area contributed by atoms with Crippen LogP contribution in [-0.4, -0.2) is 25.6 Å². The van der Waals surface area contributed by atoms with Crippen LogP contribution in [0, 0.1) is 5.92 Å². The Balaban J connectivity index is 0.000000631. The molecule has 0 bridgehead atoms. The van der Waals surface area contributed by atoms with Gasteiger partial charge in [0, 0.05) is 11.9 Å². The molecule has 0 aromatic heterocycles. The third-order valence-electron chi connectivity index (χ3n) is 3.57. The molecule has 0 radical (unpaired) electrons. The van der Waals surface area contributed by atoms with Gasteiger partial charge in [-0.05, 0) is 32.6 Å².